The van der Waals surface area contributed by atoms with Crippen molar-refractivity contribution in [3.8, 4) is 6.07 Å². The van der Waals surface area contributed by atoms with E-state index >= 15 is 0 Å². The number of nitrogens with zero attached hydrogens (tertiary/aromatic N) is 2. The van der Waals surface area contributed by atoms with Crippen LogP contribution in [0, 0.1) is 11.3 Å². The van der Waals surface area contributed by atoms with Crippen LogP contribution < -0.4 is 5.32 Å². The van der Waals surface area contributed by atoms with Crippen LogP contribution in [0.15, 0.2) is 48.8 Å². The molecule has 1 saturated carbocycles. The highest BCUT2D eigenvalue weighted by atomic mass is 16.1. The van der Waals surface area contributed by atoms with Crippen LogP contribution in [0.5, 0.6) is 0 Å². The maximum absolute atomic E-state index is 12.3. The molecule has 0 saturated heterocycles. The number of carbonyl (C=O) groups excluding carboxylic acids is 1. The molecule has 0 spiro atoms. The number of rotatable bonds is 5. The molecule has 1 aliphatic rings. The molecule has 0 atom stereocenters. The predicted octanol–water partition coefficient (Wildman–Crippen LogP) is 3.08. The van der Waals surface area contributed by atoms with Gasteiger partial charge in [-0.15, -0.1) is 0 Å². The summed E-state index contributed by atoms with van der Waals surface area (Å²) in [6, 6.07) is 13.6. The van der Waals surface area contributed by atoms with Crippen LogP contribution in [0.4, 0.5) is 0 Å². The van der Waals surface area contributed by atoms with Gasteiger partial charge < -0.3 is 5.32 Å². The number of amides is 1. The van der Waals surface area contributed by atoms with E-state index < -0.39 is 0 Å². The first-order valence-electron chi connectivity index (χ1n) is 7.92. The van der Waals surface area contributed by atoms with Crippen molar-refractivity contribution < 1.29 is 4.79 Å². The van der Waals surface area contributed by atoms with Gasteiger partial charge in [0.05, 0.1) is 17.2 Å². The number of nitrogens with one attached hydrogen (secondary N) is 1. The fourth-order valence-corrected chi connectivity index (χ4v) is 3.02. The zero-order valence-corrected chi connectivity index (χ0v) is 13.0. The highest BCUT2D eigenvalue weighted by molar-refractivity contribution is 5.77. The van der Waals surface area contributed by atoms with E-state index in [0.29, 0.717) is 12.0 Å². The van der Waals surface area contributed by atoms with Gasteiger partial charge in [0.15, 0.2) is 0 Å². The van der Waals surface area contributed by atoms with E-state index in [1.165, 1.54) is 0 Å². The Bertz CT molecular complexity index is 713. The Kier molecular flexibility index (Phi) is 4.38. The van der Waals surface area contributed by atoms with E-state index in [1.54, 1.807) is 12.4 Å². The standard InChI is InChI=1S/C19H19N3O/c20-14-16-2-5-17(6-3-16)19(10-1-11-19)22-18(23)7-4-15-8-12-21-13-9-15/h2-3,5-6,8-9,12-13H,1,4,7,10-11H2,(H,22,23). The van der Waals surface area contributed by atoms with Crippen molar-refractivity contribution in [1.29, 1.82) is 5.26 Å². The Hall–Kier alpha value is -2.67. The van der Waals surface area contributed by atoms with Gasteiger partial charge in [-0.3, -0.25) is 9.78 Å². The smallest absolute Gasteiger partial charge is 0.221 e. The summed E-state index contributed by atoms with van der Waals surface area (Å²) in [7, 11) is 0. The number of benzene rings is 1. The number of carbonyl (C=O) groups is 1. The van der Waals surface area contributed by atoms with E-state index in [1.807, 2.05) is 36.4 Å². The van der Waals surface area contributed by atoms with Gasteiger partial charge in [0.1, 0.15) is 0 Å². The summed E-state index contributed by atoms with van der Waals surface area (Å²) in [4.78, 5) is 16.3. The Balaban J connectivity index is 1.64. The SMILES string of the molecule is N#Cc1ccc(C2(NC(=O)CCc3ccncc3)CCC2)cc1. The van der Waals surface area contributed by atoms with E-state index in [-0.39, 0.29) is 11.4 Å². The average molecular weight is 305 g/mol. The molecule has 1 heterocycles. The second-order valence-electron chi connectivity index (χ2n) is 6.03. The number of hydrogen-bond donors (Lipinski definition) is 1. The summed E-state index contributed by atoms with van der Waals surface area (Å²) in [6.07, 6.45) is 7.72. The first-order valence-corrected chi connectivity index (χ1v) is 7.92. The summed E-state index contributed by atoms with van der Waals surface area (Å²) in [5, 5.41) is 12.1. The molecule has 0 radical (unpaired) electrons. The highest BCUT2D eigenvalue weighted by Crippen LogP contribution is 2.41. The number of hydrogen-bond acceptors (Lipinski definition) is 3. The lowest BCUT2D eigenvalue weighted by Crippen LogP contribution is -2.50. The van der Waals surface area contributed by atoms with Crippen molar-refractivity contribution in [1.82, 2.24) is 10.3 Å². The largest absolute Gasteiger partial charge is 0.347 e. The monoisotopic (exact) mass is 305 g/mol. The molecular formula is C19H19N3O. The average Bonchev–Trinajstić information content (AvgIpc) is 2.57. The molecule has 0 unspecified atom stereocenters. The van der Waals surface area contributed by atoms with Crippen molar-refractivity contribution >= 4 is 5.91 Å². The van der Waals surface area contributed by atoms with E-state index in [0.717, 1.165) is 36.8 Å². The van der Waals surface area contributed by atoms with Gasteiger partial charge in [0.2, 0.25) is 5.91 Å². The van der Waals surface area contributed by atoms with Gasteiger partial charge in [-0.2, -0.15) is 5.26 Å². The van der Waals surface area contributed by atoms with Crippen LogP contribution in [0.1, 0.15) is 42.4 Å². The van der Waals surface area contributed by atoms with Crippen LogP contribution in [0.25, 0.3) is 0 Å². The third-order valence-electron chi connectivity index (χ3n) is 4.54. The maximum Gasteiger partial charge on any atom is 0.221 e. The zero-order valence-electron chi connectivity index (χ0n) is 13.0. The minimum atomic E-state index is -0.247. The molecule has 1 aromatic heterocycles. The van der Waals surface area contributed by atoms with Crippen molar-refractivity contribution in [3.63, 3.8) is 0 Å². The summed E-state index contributed by atoms with van der Waals surface area (Å²) < 4.78 is 0. The van der Waals surface area contributed by atoms with Crippen LogP contribution in [-0.4, -0.2) is 10.9 Å². The highest BCUT2D eigenvalue weighted by Gasteiger charge is 2.39. The molecule has 0 aliphatic heterocycles. The number of nitriles is 1. The van der Waals surface area contributed by atoms with Gasteiger partial charge in [0, 0.05) is 18.8 Å². The molecule has 1 aromatic carbocycles. The first-order chi connectivity index (χ1) is 11.2. The quantitative estimate of drug-likeness (QED) is 0.923. The Morgan fingerprint density at radius 3 is 2.43 bits per heavy atom. The van der Waals surface area contributed by atoms with Crippen LogP contribution in [0.3, 0.4) is 0 Å². The lowest BCUT2D eigenvalue weighted by atomic mass is 9.71. The minimum absolute atomic E-state index is 0.0749. The zero-order chi connectivity index (χ0) is 16.1. The van der Waals surface area contributed by atoms with Crippen LogP contribution in [0.2, 0.25) is 0 Å². The van der Waals surface area contributed by atoms with Crippen LogP contribution in [-0.2, 0) is 16.8 Å². The predicted molar refractivity (Wildman–Crippen MR) is 87.4 cm³/mol. The van der Waals surface area contributed by atoms with Crippen LogP contribution >= 0.6 is 0 Å². The molecule has 4 nitrogen and oxygen atoms in total. The molecule has 1 N–H and O–H groups in total. The fourth-order valence-electron chi connectivity index (χ4n) is 3.02. The van der Waals surface area contributed by atoms with E-state index in [4.69, 9.17) is 5.26 Å². The van der Waals surface area contributed by atoms with Gasteiger partial charge in [-0.1, -0.05) is 12.1 Å². The first kappa shape index (κ1) is 15.2. The van der Waals surface area contributed by atoms with Gasteiger partial charge in [0.25, 0.3) is 0 Å². The molecule has 0 bridgehead atoms. The molecule has 4 heteroatoms. The molecule has 116 valence electrons. The second kappa shape index (κ2) is 6.62. The normalized spacial score (nSPS) is 15.3. The third-order valence-corrected chi connectivity index (χ3v) is 4.54. The molecule has 1 amide bonds. The fraction of sp³-hybridized carbons (Fsp3) is 0.316. The number of pyridine rings is 1. The van der Waals surface area contributed by atoms with Crippen molar-refractivity contribution in [2.75, 3.05) is 0 Å². The molecule has 1 fully saturated rings. The molecule has 23 heavy (non-hydrogen) atoms. The second-order valence-corrected chi connectivity index (χ2v) is 6.03. The Morgan fingerprint density at radius 2 is 1.87 bits per heavy atom. The maximum atomic E-state index is 12.3. The summed E-state index contributed by atoms with van der Waals surface area (Å²) >= 11 is 0. The van der Waals surface area contributed by atoms with E-state index in [2.05, 4.69) is 16.4 Å². The summed E-state index contributed by atoms with van der Waals surface area (Å²) in [5.41, 5.74) is 2.62. The van der Waals surface area contributed by atoms with E-state index in [9.17, 15) is 4.79 Å². The molecule has 1 aliphatic carbocycles. The lowest BCUT2D eigenvalue weighted by molar-refractivity contribution is -0.124. The molecule has 3 rings (SSSR count). The minimum Gasteiger partial charge on any atom is -0.347 e. The topological polar surface area (TPSA) is 65.8 Å². The Morgan fingerprint density at radius 1 is 1.17 bits per heavy atom. The summed E-state index contributed by atoms with van der Waals surface area (Å²) in [5.74, 6) is 0.0749. The third kappa shape index (κ3) is 3.40. The van der Waals surface area contributed by atoms with Crippen molar-refractivity contribution in [2.24, 2.45) is 0 Å². The number of aromatic nitrogens is 1. The molecular weight excluding hydrogens is 286 g/mol. The number of aryl methyl sites for hydroxylation is 1. The van der Waals surface area contributed by atoms with Crippen molar-refractivity contribution in [2.45, 2.75) is 37.6 Å². The van der Waals surface area contributed by atoms with Gasteiger partial charge in [-0.25, -0.2) is 0 Å². The Labute approximate surface area is 136 Å². The lowest BCUT2D eigenvalue weighted by Gasteiger charge is -2.43. The summed E-state index contributed by atoms with van der Waals surface area (Å²) in [6.45, 7) is 0. The van der Waals surface area contributed by atoms with Gasteiger partial charge >= 0.3 is 0 Å². The van der Waals surface area contributed by atoms with Gasteiger partial charge in [-0.05, 0) is 61.1 Å². The molecule has 2 aromatic rings. The van der Waals surface area contributed by atoms with Crippen molar-refractivity contribution in [3.05, 3.63) is 65.5 Å².